The third-order valence-electron chi connectivity index (χ3n) is 5.21. The lowest BCUT2D eigenvalue weighted by atomic mass is 9.91. The summed E-state index contributed by atoms with van der Waals surface area (Å²) in [4.78, 5) is 5.36. The van der Waals surface area contributed by atoms with E-state index in [1.165, 1.54) is 12.1 Å². The van der Waals surface area contributed by atoms with E-state index in [0.717, 1.165) is 37.9 Å². The molecule has 0 saturated carbocycles. The quantitative estimate of drug-likeness (QED) is 0.630. The summed E-state index contributed by atoms with van der Waals surface area (Å²) in [6.07, 6.45) is -7.76. The molecule has 3 heterocycles. The van der Waals surface area contributed by atoms with Crippen LogP contribution in [-0.2, 0) is 17.1 Å². The Morgan fingerprint density at radius 1 is 1.04 bits per heavy atom. The number of fused-ring (bicyclic) bond motifs is 2. The molecule has 0 amide bonds. The molecular weight excluding hydrogens is 374 g/mol. The molecule has 4 rings (SSSR count). The zero-order valence-electron chi connectivity index (χ0n) is 14.1. The Morgan fingerprint density at radius 3 is 2.52 bits per heavy atom. The van der Waals surface area contributed by atoms with Gasteiger partial charge < -0.3 is 4.74 Å². The van der Waals surface area contributed by atoms with Gasteiger partial charge in [0.05, 0.1) is 11.1 Å². The second-order valence-corrected chi connectivity index (χ2v) is 6.89. The minimum absolute atomic E-state index is 0.0512. The van der Waals surface area contributed by atoms with Crippen LogP contribution in [0.5, 0.6) is 0 Å². The maximum absolute atomic E-state index is 13.4. The first-order valence-corrected chi connectivity index (χ1v) is 8.60. The van der Waals surface area contributed by atoms with Crippen LogP contribution in [0.25, 0.3) is 10.9 Å². The smallest absolute Gasteiger partial charge is 0.356 e. The fraction of sp³-hybridized carbons (Fsp3) is 0.500. The molecule has 27 heavy (non-hydrogen) atoms. The highest BCUT2D eigenvalue weighted by Gasteiger charge is 2.42. The van der Waals surface area contributed by atoms with E-state index in [0.29, 0.717) is 0 Å². The first kappa shape index (κ1) is 18.5. The van der Waals surface area contributed by atoms with E-state index in [9.17, 15) is 26.3 Å². The monoisotopic (exact) mass is 390 g/mol. The number of aromatic nitrogens is 1. The Hall–Kier alpha value is -1.87. The number of pyridine rings is 1. The maximum atomic E-state index is 13.4. The first-order valence-electron chi connectivity index (χ1n) is 8.60. The Labute approximate surface area is 150 Å². The standard InChI is InChI=1S/C18H16F6N2O/c19-17(20,21)12-5-3-4-10-11(8-14(18(22,23)24)25-15(10)12)16-13-6-1-2-7-26(13)9-27-16/h3-5,8,13,16H,1-2,6-7,9H2. The molecule has 1 aromatic heterocycles. The number of alkyl halides is 6. The third-order valence-corrected chi connectivity index (χ3v) is 5.21. The molecule has 0 aliphatic carbocycles. The van der Waals surface area contributed by atoms with Crippen LogP contribution in [0.15, 0.2) is 24.3 Å². The van der Waals surface area contributed by atoms with Gasteiger partial charge in [-0.25, -0.2) is 4.98 Å². The van der Waals surface area contributed by atoms with Crippen LogP contribution < -0.4 is 0 Å². The van der Waals surface area contributed by atoms with Crippen molar-refractivity contribution in [2.24, 2.45) is 0 Å². The molecule has 2 saturated heterocycles. The van der Waals surface area contributed by atoms with E-state index in [4.69, 9.17) is 4.74 Å². The van der Waals surface area contributed by atoms with Crippen molar-refractivity contribution >= 4 is 10.9 Å². The number of para-hydroxylation sites is 1. The molecular formula is C18H16F6N2O. The van der Waals surface area contributed by atoms with Crippen molar-refractivity contribution in [1.82, 2.24) is 9.88 Å². The summed E-state index contributed by atoms with van der Waals surface area (Å²) < 4.78 is 85.9. The summed E-state index contributed by atoms with van der Waals surface area (Å²) in [6, 6.07) is 4.02. The summed E-state index contributed by atoms with van der Waals surface area (Å²) in [7, 11) is 0. The van der Waals surface area contributed by atoms with E-state index >= 15 is 0 Å². The number of benzene rings is 1. The Morgan fingerprint density at radius 2 is 1.81 bits per heavy atom. The molecule has 2 aliphatic heterocycles. The third kappa shape index (κ3) is 3.27. The zero-order valence-corrected chi connectivity index (χ0v) is 14.1. The van der Waals surface area contributed by atoms with Crippen LogP contribution in [0.1, 0.15) is 42.2 Å². The number of halogens is 6. The van der Waals surface area contributed by atoms with Crippen molar-refractivity contribution in [3.63, 3.8) is 0 Å². The molecule has 0 N–H and O–H groups in total. The highest BCUT2D eigenvalue weighted by Crippen LogP contribution is 2.43. The van der Waals surface area contributed by atoms with Crippen LogP contribution in [0.4, 0.5) is 26.3 Å². The molecule has 0 spiro atoms. The molecule has 2 atom stereocenters. The molecule has 2 aromatic rings. The minimum Gasteiger partial charge on any atom is -0.356 e. The van der Waals surface area contributed by atoms with Crippen LogP contribution in [-0.4, -0.2) is 29.2 Å². The second-order valence-electron chi connectivity index (χ2n) is 6.89. The van der Waals surface area contributed by atoms with Gasteiger partial charge in [0, 0.05) is 18.0 Å². The van der Waals surface area contributed by atoms with Gasteiger partial charge in [0.15, 0.2) is 0 Å². The number of hydrogen-bond donors (Lipinski definition) is 0. The highest BCUT2D eigenvalue weighted by atomic mass is 19.4. The van der Waals surface area contributed by atoms with Gasteiger partial charge in [0.1, 0.15) is 18.5 Å². The average molecular weight is 390 g/mol. The van der Waals surface area contributed by atoms with Crippen molar-refractivity contribution < 1.29 is 31.1 Å². The molecule has 9 heteroatoms. The molecule has 2 aliphatic rings. The lowest BCUT2D eigenvalue weighted by Crippen LogP contribution is -2.36. The molecule has 146 valence electrons. The highest BCUT2D eigenvalue weighted by molar-refractivity contribution is 5.86. The van der Waals surface area contributed by atoms with Gasteiger partial charge in [-0.2, -0.15) is 26.3 Å². The molecule has 2 unspecified atom stereocenters. The molecule has 2 fully saturated rings. The summed E-state index contributed by atoms with van der Waals surface area (Å²) >= 11 is 0. The Bertz CT molecular complexity index is 863. The fourth-order valence-electron chi connectivity index (χ4n) is 3.99. The number of rotatable bonds is 1. The predicted octanol–water partition coefficient (Wildman–Crippen LogP) is 5.16. The van der Waals surface area contributed by atoms with Gasteiger partial charge in [0.2, 0.25) is 0 Å². The van der Waals surface area contributed by atoms with Gasteiger partial charge in [-0.3, -0.25) is 4.90 Å². The Balaban J connectivity index is 1.94. The molecule has 1 aromatic carbocycles. The van der Waals surface area contributed by atoms with E-state index in [2.05, 4.69) is 4.98 Å². The van der Waals surface area contributed by atoms with Gasteiger partial charge in [-0.15, -0.1) is 0 Å². The SMILES string of the molecule is FC(F)(F)c1cc(C2OCN3CCCCC23)c2cccc(C(F)(F)F)c2n1. The molecule has 0 radical (unpaired) electrons. The average Bonchev–Trinajstić information content (AvgIpc) is 3.02. The van der Waals surface area contributed by atoms with Gasteiger partial charge in [-0.1, -0.05) is 18.6 Å². The Kier molecular flexibility index (Phi) is 4.34. The van der Waals surface area contributed by atoms with E-state index in [1.54, 1.807) is 0 Å². The fourth-order valence-corrected chi connectivity index (χ4v) is 3.99. The number of piperidine rings is 1. The van der Waals surface area contributed by atoms with Crippen LogP contribution in [0.2, 0.25) is 0 Å². The normalized spacial score (nSPS) is 24.4. The van der Waals surface area contributed by atoms with E-state index < -0.39 is 35.2 Å². The summed E-state index contributed by atoms with van der Waals surface area (Å²) in [6.45, 7) is 1.03. The van der Waals surface area contributed by atoms with Crippen LogP contribution in [0.3, 0.4) is 0 Å². The summed E-state index contributed by atoms with van der Waals surface area (Å²) in [5.74, 6) is 0. The zero-order chi connectivity index (χ0) is 19.4. The molecule has 3 nitrogen and oxygen atoms in total. The first-order chi connectivity index (χ1) is 12.7. The predicted molar refractivity (Wildman–Crippen MR) is 84.8 cm³/mol. The maximum Gasteiger partial charge on any atom is 0.433 e. The van der Waals surface area contributed by atoms with Crippen molar-refractivity contribution in [2.45, 2.75) is 43.8 Å². The second kappa shape index (κ2) is 6.34. The van der Waals surface area contributed by atoms with Crippen molar-refractivity contribution in [1.29, 1.82) is 0 Å². The molecule has 0 bridgehead atoms. The van der Waals surface area contributed by atoms with Crippen molar-refractivity contribution in [2.75, 3.05) is 13.3 Å². The summed E-state index contributed by atoms with van der Waals surface area (Å²) in [5.41, 5.74) is -3.08. The topological polar surface area (TPSA) is 25.4 Å². The largest absolute Gasteiger partial charge is 0.433 e. The van der Waals surface area contributed by atoms with E-state index in [1.807, 2.05) is 4.90 Å². The van der Waals surface area contributed by atoms with Gasteiger partial charge >= 0.3 is 12.4 Å². The lowest BCUT2D eigenvalue weighted by Gasteiger charge is -2.30. The number of nitrogens with zero attached hydrogens (tertiary/aromatic N) is 2. The van der Waals surface area contributed by atoms with Gasteiger partial charge in [0.25, 0.3) is 0 Å². The minimum atomic E-state index is -4.85. The van der Waals surface area contributed by atoms with Crippen molar-refractivity contribution in [3.8, 4) is 0 Å². The van der Waals surface area contributed by atoms with Crippen LogP contribution >= 0.6 is 0 Å². The van der Waals surface area contributed by atoms with Crippen LogP contribution in [0, 0.1) is 0 Å². The lowest BCUT2D eigenvalue weighted by molar-refractivity contribution is -0.142. The van der Waals surface area contributed by atoms with E-state index in [-0.39, 0.29) is 23.7 Å². The number of ether oxygens (including phenoxy) is 1. The number of hydrogen-bond acceptors (Lipinski definition) is 3. The summed E-state index contributed by atoms with van der Waals surface area (Å²) in [5, 5.41) is 0.0512. The van der Waals surface area contributed by atoms with Crippen molar-refractivity contribution in [3.05, 3.63) is 41.1 Å². The van der Waals surface area contributed by atoms with Gasteiger partial charge in [-0.05, 0) is 30.5 Å².